The number of ether oxygens (including phenoxy) is 2. The van der Waals surface area contributed by atoms with E-state index >= 15 is 0 Å². The van der Waals surface area contributed by atoms with E-state index in [4.69, 9.17) is 9.47 Å². The van der Waals surface area contributed by atoms with Gasteiger partial charge in [-0.15, -0.1) is 0 Å². The van der Waals surface area contributed by atoms with Gasteiger partial charge in [0.05, 0.1) is 23.7 Å². The highest BCUT2D eigenvalue weighted by molar-refractivity contribution is 7.90. The number of hydrogen-bond acceptors (Lipinski definition) is 7. The highest BCUT2D eigenvalue weighted by Crippen LogP contribution is 2.44. The van der Waals surface area contributed by atoms with E-state index in [1.165, 1.54) is 18.4 Å². The van der Waals surface area contributed by atoms with E-state index in [2.05, 4.69) is 5.43 Å². The van der Waals surface area contributed by atoms with Gasteiger partial charge in [0.2, 0.25) is 0 Å². The second-order valence-electron chi connectivity index (χ2n) is 8.69. The van der Waals surface area contributed by atoms with Crippen LogP contribution in [0.5, 0.6) is 0 Å². The van der Waals surface area contributed by atoms with E-state index in [1.54, 1.807) is 44.2 Å². The molecule has 0 atom stereocenters. The molecule has 0 unspecified atom stereocenters. The van der Waals surface area contributed by atoms with E-state index in [0.717, 1.165) is 0 Å². The molecule has 2 aliphatic rings. The first kappa shape index (κ1) is 23.6. The third kappa shape index (κ3) is 5.01. The van der Waals surface area contributed by atoms with Gasteiger partial charge in [0.25, 0.3) is 0 Å². The second kappa shape index (κ2) is 8.98. The lowest BCUT2D eigenvalue weighted by Gasteiger charge is -2.28. The molecule has 0 spiro atoms. The van der Waals surface area contributed by atoms with Crippen LogP contribution in [0.25, 0.3) is 11.1 Å². The van der Waals surface area contributed by atoms with Gasteiger partial charge in [-0.3, -0.25) is 5.43 Å². The lowest BCUT2D eigenvalue weighted by molar-refractivity contribution is -0.141. The second-order valence-corrected chi connectivity index (χ2v) is 10.7. The summed E-state index contributed by atoms with van der Waals surface area (Å²) >= 11 is 0. The average Bonchev–Trinajstić information content (AvgIpc) is 3.00. The Kier molecular flexibility index (Phi) is 6.41. The quantitative estimate of drug-likeness (QED) is 0.645. The Morgan fingerprint density at radius 3 is 2.33 bits per heavy atom. The molecule has 1 fully saturated rings. The maximum Gasteiger partial charge on any atom is 0.340 e. The summed E-state index contributed by atoms with van der Waals surface area (Å²) in [6.45, 7) is 6.47. The highest BCUT2D eigenvalue weighted by Gasteiger charge is 2.41. The SMILES string of the molecule is CC1(C)OC(=O)C(c2ccc(F)cc2)=C1c1ccc(S(C)(=O)=O)c(CNN2CCOCC2)c1. The van der Waals surface area contributed by atoms with Gasteiger partial charge in [0, 0.05) is 31.5 Å². The van der Waals surface area contributed by atoms with Crippen LogP contribution in [-0.4, -0.2) is 57.6 Å². The van der Waals surface area contributed by atoms with Gasteiger partial charge < -0.3 is 9.47 Å². The normalized spacial score (nSPS) is 19.1. The zero-order valence-electron chi connectivity index (χ0n) is 18.9. The third-order valence-electron chi connectivity index (χ3n) is 5.79. The minimum atomic E-state index is -3.48. The van der Waals surface area contributed by atoms with Crippen molar-refractivity contribution in [1.82, 2.24) is 10.4 Å². The van der Waals surface area contributed by atoms with Crippen molar-refractivity contribution in [2.75, 3.05) is 32.6 Å². The monoisotopic (exact) mass is 474 g/mol. The highest BCUT2D eigenvalue weighted by atomic mass is 32.2. The predicted molar refractivity (Wildman–Crippen MR) is 122 cm³/mol. The number of hydrogen-bond donors (Lipinski definition) is 1. The molecular formula is C24H27FN2O5S. The first-order chi connectivity index (χ1) is 15.6. The van der Waals surface area contributed by atoms with Gasteiger partial charge in [0.15, 0.2) is 9.84 Å². The van der Waals surface area contributed by atoms with Crippen molar-refractivity contribution in [2.45, 2.75) is 30.9 Å². The smallest absolute Gasteiger partial charge is 0.340 e. The summed E-state index contributed by atoms with van der Waals surface area (Å²) in [5.74, 6) is -0.901. The van der Waals surface area contributed by atoms with Crippen LogP contribution in [-0.2, 0) is 30.7 Å². The van der Waals surface area contributed by atoms with Crippen LogP contribution in [0.4, 0.5) is 4.39 Å². The van der Waals surface area contributed by atoms with Gasteiger partial charge in [-0.25, -0.2) is 22.6 Å². The molecular weight excluding hydrogens is 447 g/mol. The number of carbonyl (C=O) groups is 1. The molecule has 0 saturated carbocycles. The molecule has 0 aromatic heterocycles. The third-order valence-corrected chi connectivity index (χ3v) is 6.99. The molecule has 7 nitrogen and oxygen atoms in total. The van der Waals surface area contributed by atoms with Gasteiger partial charge in [-0.05, 0) is 54.8 Å². The summed E-state index contributed by atoms with van der Waals surface area (Å²) in [5, 5.41) is 2.00. The van der Waals surface area contributed by atoms with Gasteiger partial charge in [-0.2, -0.15) is 0 Å². The average molecular weight is 475 g/mol. The molecule has 0 radical (unpaired) electrons. The number of morpholine rings is 1. The number of sulfone groups is 1. The summed E-state index contributed by atoms with van der Waals surface area (Å²) in [6.07, 6.45) is 1.18. The Morgan fingerprint density at radius 2 is 1.70 bits per heavy atom. The standard InChI is InChI=1S/C24H27FN2O5S/c1-24(2)22(21(23(28)32-24)16-4-7-19(25)8-5-16)17-6-9-20(33(3,29)30)18(14-17)15-26-27-10-12-31-13-11-27/h4-9,14,26H,10-13,15H2,1-3H3. The first-order valence-corrected chi connectivity index (χ1v) is 12.6. The number of nitrogens with zero attached hydrogens (tertiary/aromatic N) is 1. The van der Waals surface area contributed by atoms with Crippen molar-refractivity contribution >= 4 is 27.0 Å². The summed E-state index contributed by atoms with van der Waals surface area (Å²) in [5.41, 5.74) is 5.12. The number of hydrazine groups is 1. The van der Waals surface area contributed by atoms with Crippen LogP contribution < -0.4 is 5.43 Å². The number of halogens is 1. The molecule has 1 N–H and O–H groups in total. The maximum absolute atomic E-state index is 13.5. The van der Waals surface area contributed by atoms with Crippen molar-refractivity contribution in [3.05, 3.63) is 65.0 Å². The van der Waals surface area contributed by atoms with Gasteiger partial charge >= 0.3 is 5.97 Å². The number of carbonyl (C=O) groups excluding carboxylic acids is 1. The van der Waals surface area contributed by atoms with Crippen molar-refractivity contribution in [3.8, 4) is 0 Å². The lowest BCUT2D eigenvalue weighted by atomic mass is 9.86. The van der Waals surface area contributed by atoms with E-state index in [9.17, 15) is 17.6 Å². The van der Waals surface area contributed by atoms with E-state index in [1.807, 2.05) is 5.01 Å². The van der Waals surface area contributed by atoms with Crippen LogP contribution in [0.2, 0.25) is 0 Å². The van der Waals surface area contributed by atoms with Crippen LogP contribution in [0, 0.1) is 5.82 Å². The molecule has 2 aromatic carbocycles. The minimum Gasteiger partial charge on any atom is -0.451 e. The molecule has 4 rings (SSSR count). The van der Waals surface area contributed by atoms with Crippen molar-refractivity contribution in [1.29, 1.82) is 0 Å². The lowest BCUT2D eigenvalue weighted by Crippen LogP contribution is -2.45. The number of cyclic esters (lactones) is 1. The maximum atomic E-state index is 13.5. The fourth-order valence-electron chi connectivity index (χ4n) is 4.26. The largest absolute Gasteiger partial charge is 0.451 e. The van der Waals surface area contributed by atoms with Crippen molar-refractivity contribution < 1.29 is 27.1 Å². The Balaban J connectivity index is 1.80. The molecule has 9 heteroatoms. The van der Waals surface area contributed by atoms with Crippen LogP contribution in [0.3, 0.4) is 0 Å². The van der Waals surface area contributed by atoms with Crippen LogP contribution in [0.1, 0.15) is 30.5 Å². The predicted octanol–water partition coefficient (Wildman–Crippen LogP) is 2.81. The Labute approximate surface area is 193 Å². The Morgan fingerprint density at radius 1 is 1.06 bits per heavy atom. The minimum absolute atomic E-state index is 0.221. The first-order valence-electron chi connectivity index (χ1n) is 10.7. The molecule has 2 aromatic rings. The number of esters is 1. The van der Waals surface area contributed by atoms with Gasteiger partial charge in [-0.1, -0.05) is 18.2 Å². The van der Waals surface area contributed by atoms with Crippen LogP contribution in [0.15, 0.2) is 47.4 Å². The van der Waals surface area contributed by atoms with E-state index in [-0.39, 0.29) is 4.90 Å². The number of nitrogens with one attached hydrogen (secondary N) is 1. The molecule has 0 amide bonds. The Bertz CT molecular complexity index is 1200. The molecule has 1 saturated heterocycles. The molecule has 176 valence electrons. The molecule has 0 aliphatic carbocycles. The summed E-state index contributed by atoms with van der Waals surface area (Å²) in [7, 11) is -3.48. The van der Waals surface area contributed by atoms with Crippen molar-refractivity contribution in [2.24, 2.45) is 0 Å². The number of benzene rings is 2. The summed E-state index contributed by atoms with van der Waals surface area (Å²) in [4.78, 5) is 13.0. The van der Waals surface area contributed by atoms with Crippen molar-refractivity contribution in [3.63, 3.8) is 0 Å². The van der Waals surface area contributed by atoms with E-state index in [0.29, 0.717) is 60.7 Å². The topological polar surface area (TPSA) is 84.9 Å². The zero-order chi connectivity index (χ0) is 23.8. The molecule has 2 heterocycles. The molecule has 33 heavy (non-hydrogen) atoms. The zero-order valence-corrected chi connectivity index (χ0v) is 19.7. The van der Waals surface area contributed by atoms with Crippen LogP contribution >= 0.6 is 0 Å². The fourth-order valence-corrected chi connectivity index (χ4v) is 5.18. The summed E-state index contributed by atoms with van der Waals surface area (Å²) in [6, 6.07) is 10.7. The van der Waals surface area contributed by atoms with Gasteiger partial charge in [0.1, 0.15) is 11.4 Å². The van der Waals surface area contributed by atoms with E-state index < -0.39 is 27.2 Å². The number of rotatable bonds is 6. The molecule has 2 aliphatic heterocycles. The Hall–Kier alpha value is -2.59. The molecule has 0 bridgehead atoms. The summed E-state index contributed by atoms with van der Waals surface area (Å²) < 4.78 is 49.4. The fraction of sp³-hybridized carbons (Fsp3) is 0.375.